The maximum absolute atomic E-state index is 13.1. The van der Waals surface area contributed by atoms with Gasteiger partial charge in [-0.25, -0.2) is 4.79 Å². The monoisotopic (exact) mass is 407 g/mol. The van der Waals surface area contributed by atoms with Crippen molar-refractivity contribution in [1.82, 2.24) is 15.6 Å². The lowest BCUT2D eigenvalue weighted by molar-refractivity contribution is -0.123. The second-order valence-electron chi connectivity index (χ2n) is 8.40. The second-order valence-corrected chi connectivity index (χ2v) is 8.40. The molecule has 2 aromatic carbocycles. The number of para-hydroxylation sites is 1. The molecule has 0 bridgehead atoms. The standard InChI is InChI=1S/C24H29N3O3/c1-16(17-10-6-5-7-11-17)26-22(28)21(27-23(29)30-24(2,3)4)14-18-15-25-20-13-9-8-12-19(18)20/h5-13,15-16,21,25H,14H2,1-4H3,(H,26,28)(H,27,29)/t16-,21-/m0/s1. The summed E-state index contributed by atoms with van der Waals surface area (Å²) in [6, 6.07) is 16.6. The molecule has 0 spiro atoms. The Kier molecular flexibility index (Phi) is 6.45. The first-order valence-corrected chi connectivity index (χ1v) is 10.1. The fraction of sp³-hybridized carbons (Fsp3) is 0.333. The van der Waals surface area contributed by atoms with E-state index in [2.05, 4.69) is 15.6 Å². The molecule has 0 saturated heterocycles. The summed E-state index contributed by atoms with van der Waals surface area (Å²) in [6.07, 6.45) is 1.61. The lowest BCUT2D eigenvalue weighted by Crippen LogP contribution is -2.49. The summed E-state index contributed by atoms with van der Waals surface area (Å²) in [5.41, 5.74) is 2.29. The van der Waals surface area contributed by atoms with Crippen LogP contribution < -0.4 is 10.6 Å². The molecule has 0 aliphatic carbocycles. The van der Waals surface area contributed by atoms with Gasteiger partial charge in [0.1, 0.15) is 11.6 Å². The number of alkyl carbamates (subject to hydrolysis) is 1. The smallest absolute Gasteiger partial charge is 0.408 e. The van der Waals surface area contributed by atoms with Gasteiger partial charge in [0.2, 0.25) is 5.91 Å². The molecule has 1 heterocycles. The van der Waals surface area contributed by atoms with Gasteiger partial charge in [-0.2, -0.15) is 0 Å². The lowest BCUT2D eigenvalue weighted by Gasteiger charge is -2.24. The highest BCUT2D eigenvalue weighted by Gasteiger charge is 2.26. The van der Waals surface area contributed by atoms with Crippen molar-refractivity contribution in [2.24, 2.45) is 0 Å². The van der Waals surface area contributed by atoms with E-state index in [1.54, 1.807) is 20.8 Å². The van der Waals surface area contributed by atoms with Gasteiger partial charge in [0.05, 0.1) is 6.04 Å². The quantitative estimate of drug-likeness (QED) is 0.563. The molecule has 3 rings (SSSR count). The van der Waals surface area contributed by atoms with Crippen LogP contribution >= 0.6 is 0 Å². The first-order chi connectivity index (χ1) is 14.2. The molecule has 3 N–H and O–H groups in total. The fourth-order valence-electron chi connectivity index (χ4n) is 3.32. The van der Waals surface area contributed by atoms with Crippen molar-refractivity contribution in [2.75, 3.05) is 0 Å². The van der Waals surface area contributed by atoms with Crippen LogP contribution in [0.3, 0.4) is 0 Å². The predicted molar refractivity (Wildman–Crippen MR) is 118 cm³/mol. The van der Waals surface area contributed by atoms with Gasteiger partial charge in [-0.05, 0) is 44.9 Å². The summed E-state index contributed by atoms with van der Waals surface area (Å²) in [7, 11) is 0. The Bertz CT molecular complexity index is 1010. The Morgan fingerprint density at radius 1 is 1.00 bits per heavy atom. The van der Waals surface area contributed by atoms with Crippen LogP contribution in [-0.2, 0) is 16.0 Å². The van der Waals surface area contributed by atoms with Crippen LogP contribution in [0.2, 0.25) is 0 Å². The zero-order valence-electron chi connectivity index (χ0n) is 17.9. The van der Waals surface area contributed by atoms with E-state index in [4.69, 9.17) is 4.74 Å². The Hall–Kier alpha value is -3.28. The van der Waals surface area contributed by atoms with Gasteiger partial charge in [0.15, 0.2) is 0 Å². The minimum atomic E-state index is -0.773. The molecular weight excluding hydrogens is 378 g/mol. The van der Waals surface area contributed by atoms with E-state index in [9.17, 15) is 9.59 Å². The van der Waals surface area contributed by atoms with Crippen LogP contribution in [0.5, 0.6) is 0 Å². The summed E-state index contributed by atoms with van der Waals surface area (Å²) in [5, 5.41) is 6.78. The van der Waals surface area contributed by atoms with Crippen LogP contribution in [0.1, 0.15) is 44.9 Å². The van der Waals surface area contributed by atoms with Gasteiger partial charge in [0, 0.05) is 23.5 Å². The minimum absolute atomic E-state index is 0.190. The van der Waals surface area contributed by atoms with Gasteiger partial charge in [-0.15, -0.1) is 0 Å². The van der Waals surface area contributed by atoms with E-state index < -0.39 is 17.7 Å². The summed E-state index contributed by atoms with van der Waals surface area (Å²) >= 11 is 0. The van der Waals surface area contributed by atoms with Crippen LogP contribution in [0.4, 0.5) is 4.79 Å². The average Bonchev–Trinajstić information content (AvgIpc) is 3.09. The summed E-state index contributed by atoms with van der Waals surface area (Å²) < 4.78 is 5.38. The topological polar surface area (TPSA) is 83.2 Å². The molecule has 1 aromatic heterocycles. The van der Waals surface area contributed by atoms with Crippen molar-refractivity contribution >= 4 is 22.9 Å². The first kappa shape index (κ1) is 21.4. The van der Waals surface area contributed by atoms with Gasteiger partial charge in [-0.1, -0.05) is 48.5 Å². The highest BCUT2D eigenvalue weighted by molar-refractivity contribution is 5.88. The number of rotatable bonds is 6. The largest absolute Gasteiger partial charge is 0.444 e. The SMILES string of the molecule is C[C@H](NC(=O)[C@H](Cc1c[nH]c2ccccc12)NC(=O)OC(C)(C)C)c1ccccc1. The highest BCUT2D eigenvalue weighted by Crippen LogP contribution is 2.20. The number of H-pyrrole nitrogens is 1. The highest BCUT2D eigenvalue weighted by atomic mass is 16.6. The third-order valence-corrected chi connectivity index (χ3v) is 4.76. The van der Waals surface area contributed by atoms with Crippen molar-refractivity contribution in [3.05, 3.63) is 71.9 Å². The van der Waals surface area contributed by atoms with Gasteiger partial charge in [-0.3, -0.25) is 4.79 Å². The predicted octanol–water partition coefficient (Wildman–Crippen LogP) is 4.48. The van der Waals surface area contributed by atoms with E-state index in [1.165, 1.54) is 0 Å². The van der Waals surface area contributed by atoms with Crippen LogP contribution in [0.25, 0.3) is 10.9 Å². The molecule has 0 fully saturated rings. The number of carbonyl (C=O) groups is 2. The van der Waals surface area contributed by atoms with Crippen molar-refractivity contribution in [3.8, 4) is 0 Å². The molecule has 0 radical (unpaired) electrons. The number of nitrogens with one attached hydrogen (secondary N) is 3. The number of amides is 2. The molecular formula is C24H29N3O3. The first-order valence-electron chi connectivity index (χ1n) is 10.1. The van der Waals surface area contributed by atoms with E-state index in [0.29, 0.717) is 6.42 Å². The van der Waals surface area contributed by atoms with Gasteiger partial charge >= 0.3 is 6.09 Å². The molecule has 2 atom stereocenters. The number of carbonyl (C=O) groups excluding carboxylic acids is 2. The number of hydrogen-bond acceptors (Lipinski definition) is 3. The zero-order chi connectivity index (χ0) is 21.7. The van der Waals surface area contributed by atoms with Gasteiger partial charge < -0.3 is 20.4 Å². The Morgan fingerprint density at radius 3 is 2.37 bits per heavy atom. The number of fused-ring (bicyclic) bond motifs is 1. The molecule has 158 valence electrons. The summed E-state index contributed by atoms with van der Waals surface area (Å²) in [5.74, 6) is -0.262. The van der Waals surface area contributed by atoms with E-state index in [0.717, 1.165) is 22.0 Å². The van der Waals surface area contributed by atoms with Crippen molar-refractivity contribution in [2.45, 2.75) is 51.8 Å². The second kappa shape index (κ2) is 9.03. The number of ether oxygens (including phenoxy) is 1. The molecule has 3 aromatic rings. The number of hydrogen-bond donors (Lipinski definition) is 3. The molecule has 0 aliphatic rings. The van der Waals surface area contributed by atoms with Crippen LogP contribution in [-0.4, -0.2) is 28.6 Å². The maximum atomic E-state index is 13.1. The van der Waals surface area contributed by atoms with Crippen molar-refractivity contribution < 1.29 is 14.3 Å². The summed E-state index contributed by atoms with van der Waals surface area (Å²) in [4.78, 5) is 28.7. The van der Waals surface area contributed by atoms with E-state index >= 15 is 0 Å². The molecule has 6 heteroatoms. The number of benzene rings is 2. The average molecular weight is 408 g/mol. The molecule has 6 nitrogen and oxygen atoms in total. The lowest BCUT2D eigenvalue weighted by atomic mass is 10.0. The molecule has 0 saturated carbocycles. The van der Waals surface area contributed by atoms with Crippen LogP contribution in [0, 0.1) is 0 Å². The Balaban J connectivity index is 1.79. The fourth-order valence-corrected chi connectivity index (χ4v) is 3.32. The minimum Gasteiger partial charge on any atom is -0.444 e. The third kappa shape index (κ3) is 5.63. The van der Waals surface area contributed by atoms with Gasteiger partial charge in [0.25, 0.3) is 0 Å². The maximum Gasteiger partial charge on any atom is 0.408 e. The Morgan fingerprint density at radius 2 is 1.67 bits per heavy atom. The molecule has 0 unspecified atom stereocenters. The summed E-state index contributed by atoms with van der Waals surface area (Å²) in [6.45, 7) is 7.29. The number of aromatic amines is 1. The number of aromatic nitrogens is 1. The molecule has 0 aliphatic heterocycles. The normalized spacial score (nSPS) is 13.5. The van der Waals surface area contributed by atoms with Crippen molar-refractivity contribution in [1.29, 1.82) is 0 Å². The molecule has 30 heavy (non-hydrogen) atoms. The van der Waals surface area contributed by atoms with E-state index in [1.807, 2.05) is 67.7 Å². The zero-order valence-corrected chi connectivity index (χ0v) is 17.9. The van der Waals surface area contributed by atoms with Crippen molar-refractivity contribution in [3.63, 3.8) is 0 Å². The molecule has 2 amide bonds. The third-order valence-electron chi connectivity index (χ3n) is 4.76. The van der Waals surface area contributed by atoms with E-state index in [-0.39, 0.29) is 11.9 Å². The van der Waals surface area contributed by atoms with Crippen LogP contribution in [0.15, 0.2) is 60.8 Å². The Labute approximate surface area is 177 Å².